The highest BCUT2D eigenvalue weighted by Crippen LogP contribution is 2.23. The number of aromatic hydroxyl groups is 1. The summed E-state index contributed by atoms with van der Waals surface area (Å²) >= 11 is 0. The van der Waals surface area contributed by atoms with Crippen LogP contribution in [0.2, 0.25) is 0 Å². The van der Waals surface area contributed by atoms with E-state index in [4.69, 9.17) is 0 Å². The van der Waals surface area contributed by atoms with Gasteiger partial charge in [0.25, 0.3) is 0 Å². The maximum absolute atomic E-state index is 11.9. The van der Waals surface area contributed by atoms with E-state index in [0.29, 0.717) is 6.54 Å². The van der Waals surface area contributed by atoms with Crippen LogP contribution in [0.3, 0.4) is 0 Å². The minimum atomic E-state index is -0.267. The summed E-state index contributed by atoms with van der Waals surface area (Å²) in [6, 6.07) is 1.81. The molecule has 0 bridgehead atoms. The van der Waals surface area contributed by atoms with Gasteiger partial charge in [0.05, 0.1) is 5.69 Å². The topological polar surface area (TPSA) is 48.7 Å². The maximum Gasteiger partial charge on any atom is 0.223 e. The van der Waals surface area contributed by atoms with Crippen molar-refractivity contribution in [2.45, 2.75) is 39.8 Å². The number of likely N-dealkylation sites (N-methyl/N-ethyl adjacent to an activating group) is 1. The van der Waals surface area contributed by atoms with Crippen LogP contribution in [-0.4, -0.2) is 52.7 Å². The molecule has 118 valence electrons. The van der Waals surface area contributed by atoms with Crippen LogP contribution in [0.5, 0.6) is 5.75 Å². The van der Waals surface area contributed by atoms with Gasteiger partial charge in [-0.3, -0.25) is 9.69 Å². The SMILES string of the molecule is CCC(C)n1c(C)cc(=O)c(O)c1CN1CCN(C)CC1. The first-order chi connectivity index (χ1) is 9.93. The number of aryl methyl sites for hydroxylation is 1. The van der Waals surface area contributed by atoms with Crippen molar-refractivity contribution < 1.29 is 5.11 Å². The van der Waals surface area contributed by atoms with Crippen LogP contribution in [0.25, 0.3) is 0 Å². The molecule has 1 unspecified atom stereocenters. The number of aromatic nitrogens is 1. The van der Waals surface area contributed by atoms with E-state index in [1.165, 1.54) is 6.07 Å². The van der Waals surface area contributed by atoms with Gasteiger partial charge in [-0.25, -0.2) is 0 Å². The third-order valence-electron chi connectivity index (χ3n) is 4.52. The predicted molar refractivity (Wildman–Crippen MR) is 84.9 cm³/mol. The molecule has 5 heteroatoms. The molecule has 0 radical (unpaired) electrons. The zero-order chi connectivity index (χ0) is 15.6. The van der Waals surface area contributed by atoms with Crippen LogP contribution in [0.4, 0.5) is 0 Å². The number of hydrogen-bond acceptors (Lipinski definition) is 4. The summed E-state index contributed by atoms with van der Waals surface area (Å²) in [4.78, 5) is 16.5. The first kappa shape index (κ1) is 16.0. The summed E-state index contributed by atoms with van der Waals surface area (Å²) < 4.78 is 2.12. The average Bonchev–Trinajstić information content (AvgIpc) is 2.46. The summed E-state index contributed by atoms with van der Waals surface area (Å²) in [5, 5.41) is 10.3. The molecule has 1 N–H and O–H groups in total. The molecule has 1 aliphatic heterocycles. The summed E-state index contributed by atoms with van der Waals surface area (Å²) in [6.45, 7) is 10.8. The van der Waals surface area contributed by atoms with Crippen LogP contribution >= 0.6 is 0 Å². The zero-order valence-corrected chi connectivity index (χ0v) is 13.6. The van der Waals surface area contributed by atoms with Gasteiger partial charge in [-0.2, -0.15) is 0 Å². The molecular formula is C16H27N3O2. The largest absolute Gasteiger partial charge is 0.503 e. The summed E-state index contributed by atoms with van der Waals surface area (Å²) in [7, 11) is 2.12. The van der Waals surface area contributed by atoms with E-state index in [0.717, 1.165) is 44.0 Å². The van der Waals surface area contributed by atoms with E-state index in [1.54, 1.807) is 0 Å². The number of piperazine rings is 1. The lowest BCUT2D eigenvalue weighted by atomic mass is 10.1. The molecule has 0 aromatic carbocycles. The summed E-state index contributed by atoms with van der Waals surface area (Å²) in [5.41, 5.74) is 1.42. The second-order valence-corrected chi connectivity index (χ2v) is 6.15. The monoisotopic (exact) mass is 293 g/mol. The first-order valence-corrected chi connectivity index (χ1v) is 7.79. The van der Waals surface area contributed by atoms with Crippen molar-refractivity contribution in [2.75, 3.05) is 33.2 Å². The molecule has 1 aliphatic rings. The smallest absolute Gasteiger partial charge is 0.223 e. The molecule has 2 heterocycles. The Hall–Kier alpha value is -1.33. The molecule has 1 saturated heterocycles. The highest BCUT2D eigenvalue weighted by molar-refractivity contribution is 5.30. The van der Waals surface area contributed by atoms with Gasteiger partial charge >= 0.3 is 0 Å². The van der Waals surface area contributed by atoms with E-state index < -0.39 is 0 Å². The molecule has 0 amide bonds. The third kappa shape index (κ3) is 3.47. The summed E-state index contributed by atoms with van der Waals surface area (Å²) in [5.74, 6) is -0.0835. The number of pyridine rings is 1. The highest BCUT2D eigenvalue weighted by atomic mass is 16.3. The van der Waals surface area contributed by atoms with E-state index in [-0.39, 0.29) is 17.2 Å². The molecule has 1 fully saturated rings. The Morgan fingerprint density at radius 3 is 2.48 bits per heavy atom. The van der Waals surface area contributed by atoms with Gasteiger partial charge < -0.3 is 14.6 Å². The Morgan fingerprint density at radius 2 is 1.90 bits per heavy atom. The van der Waals surface area contributed by atoms with Crippen LogP contribution in [0, 0.1) is 6.92 Å². The Kier molecular flexibility index (Phi) is 5.06. The molecule has 2 rings (SSSR count). The van der Waals surface area contributed by atoms with E-state index >= 15 is 0 Å². The first-order valence-electron chi connectivity index (χ1n) is 7.79. The Labute approximate surface area is 126 Å². The second-order valence-electron chi connectivity index (χ2n) is 6.15. The van der Waals surface area contributed by atoms with Crippen LogP contribution in [-0.2, 0) is 6.54 Å². The Morgan fingerprint density at radius 1 is 1.29 bits per heavy atom. The van der Waals surface area contributed by atoms with Crippen molar-refractivity contribution >= 4 is 0 Å². The lowest BCUT2D eigenvalue weighted by Gasteiger charge is -2.34. The van der Waals surface area contributed by atoms with Crippen LogP contribution in [0.15, 0.2) is 10.9 Å². The van der Waals surface area contributed by atoms with Gasteiger partial charge in [0, 0.05) is 50.5 Å². The number of rotatable bonds is 4. The molecule has 1 aromatic rings. The fourth-order valence-electron chi connectivity index (χ4n) is 2.96. The fourth-order valence-corrected chi connectivity index (χ4v) is 2.96. The Balaban J connectivity index is 2.34. The normalized spacial score (nSPS) is 18.9. The van der Waals surface area contributed by atoms with E-state index in [9.17, 15) is 9.90 Å². The number of nitrogens with zero attached hydrogens (tertiary/aromatic N) is 3. The molecule has 1 atom stereocenters. The van der Waals surface area contributed by atoms with Crippen LogP contribution in [0.1, 0.15) is 37.7 Å². The average molecular weight is 293 g/mol. The van der Waals surface area contributed by atoms with Gasteiger partial charge in [0.15, 0.2) is 5.75 Å². The zero-order valence-electron chi connectivity index (χ0n) is 13.6. The molecule has 0 saturated carbocycles. The van der Waals surface area contributed by atoms with Gasteiger partial charge in [-0.1, -0.05) is 6.92 Å². The van der Waals surface area contributed by atoms with Crippen molar-refractivity contribution in [1.82, 2.24) is 14.4 Å². The number of hydrogen-bond donors (Lipinski definition) is 1. The van der Waals surface area contributed by atoms with Crippen LogP contribution < -0.4 is 5.43 Å². The molecule has 0 aliphatic carbocycles. The molecule has 21 heavy (non-hydrogen) atoms. The fraction of sp³-hybridized carbons (Fsp3) is 0.688. The summed E-state index contributed by atoms with van der Waals surface area (Å²) in [6.07, 6.45) is 0.971. The van der Waals surface area contributed by atoms with Crippen molar-refractivity contribution in [3.8, 4) is 5.75 Å². The van der Waals surface area contributed by atoms with E-state index in [1.807, 2.05) is 6.92 Å². The standard InChI is InChI=1S/C16H27N3O2/c1-5-12(2)19-13(3)10-15(20)16(21)14(19)11-18-8-6-17(4)7-9-18/h10,12,21H,5-9,11H2,1-4H3. The van der Waals surface area contributed by atoms with Gasteiger partial charge in [0.2, 0.25) is 5.43 Å². The van der Waals surface area contributed by atoms with Crippen molar-refractivity contribution in [2.24, 2.45) is 0 Å². The maximum atomic E-state index is 11.9. The predicted octanol–water partition coefficient (Wildman–Crippen LogP) is 1.58. The Bertz CT molecular complexity index is 545. The minimum Gasteiger partial charge on any atom is -0.503 e. The van der Waals surface area contributed by atoms with Gasteiger partial charge in [-0.05, 0) is 27.3 Å². The lowest BCUT2D eigenvalue weighted by Crippen LogP contribution is -2.44. The quantitative estimate of drug-likeness (QED) is 0.916. The lowest BCUT2D eigenvalue weighted by molar-refractivity contribution is 0.143. The van der Waals surface area contributed by atoms with Crippen molar-refractivity contribution in [3.05, 3.63) is 27.7 Å². The van der Waals surface area contributed by atoms with Crippen molar-refractivity contribution in [1.29, 1.82) is 0 Å². The van der Waals surface area contributed by atoms with Crippen molar-refractivity contribution in [3.63, 3.8) is 0 Å². The molecule has 1 aromatic heterocycles. The second kappa shape index (κ2) is 6.62. The molecule has 0 spiro atoms. The minimum absolute atomic E-state index is 0.0835. The molecular weight excluding hydrogens is 266 g/mol. The van der Waals surface area contributed by atoms with Gasteiger partial charge in [0.1, 0.15) is 0 Å². The van der Waals surface area contributed by atoms with E-state index in [2.05, 4.69) is 35.3 Å². The molecule has 5 nitrogen and oxygen atoms in total. The highest BCUT2D eigenvalue weighted by Gasteiger charge is 2.21. The van der Waals surface area contributed by atoms with Gasteiger partial charge in [-0.15, -0.1) is 0 Å². The third-order valence-corrected chi connectivity index (χ3v) is 4.52.